The predicted octanol–water partition coefficient (Wildman–Crippen LogP) is 0.764. The topological polar surface area (TPSA) is 59.1 Å². The molecule has 0 aliphatic carbocycles. The number of amides is 1. The fraction of sp³-hybridized carbons (Fsp3) is 0.667. The van der Waals surface area contributed by atoms with Gasteiger partial charge >= 0.3 is 0 Å². The van der Waals surface area contributed by atoms with Gasteiger partial charge in [-0.3, -0.25) is 14.6 Å². The van der Waals surface area contributed by atoms with Crippen molar-refractivity contribution in [2.45, 2.75) is 44.0 Å². The van der Waals surface area contributed by atoms with Crippen LogP contribution in [0.2, 0.25) is 0 Å². The van der Waals surface area contributed by atoms with Gasteiger partial charge in [0.1, 0.15) is 0 Å². The maximum Gasteiger partial charge on any atom is 0.236 e. The summed E-state index contributed by atoms with van der Waals surface area (Å²) >= 11 is 0. The Labute approximate surface area is 163 Å². The third-order valence-electron chi connectivity index (χ3n) is 5.81. The van der Waals surface area contributed by atoms with Crippen LogP contribution in [0.3, 0.4) is 0 Å². The number of hydrogen-bond acceptors (Lipinski definition) is 5. The van der Waals surface area contributed by atoms with E-state index in [0.29, 0.717) is 19.1 Å². The van der Waals surface area contributed by atoms with E-state index in [1.807, 2.05) is 0 Å². The van der Waals surface area contributed by atoms with E-state index in [1.165, 1.54) is 5.56 Å². The van der Waals surface area contributed by atoms with Gasteiger partial charge in [-0.05, 0) is 37.9 Å². The first-order valence-corrected chi connectivity index (χ1v) is 10.1. The van der Waals surface area contributed by atoms with Gasteiger partial charge in [-0.15, -0.1) is 0 Å². The second-order valence-electron chi connectivity index (χ2n) is 8.19. The SMILES string of the molecule is CN(C)C(=O)CN1CC[C@@H](NC2CCN(Cc3ccccc3)CC2)[C@H](O)C1. The zero-order valence-corrected chi connectivity index (χ0v) is 16.7. The zero-order valence-electron chi connectivity index (χ0n) is 16.7. The molecule has 0 radical (unpaired) electrons. The second-order valence-corrected chi connectivity index (χ2v) is 8.19. The van der Waals surface area contributed by atoms with E-state index in [2.05, 4.69) is 45.4 Å². The number of hydrogen-bond donors (Lipinski definition) is 2. The van der Waals surface area contributed by atoms with Gasteiger partial charge < -0.3 is 15.3 Å². The van der Waals surface area contributed by atoms with Crippen molar-refractivity contribution in [3.05, 3.63) is 35.9 Å². The molecular formula is C21H34N4O2. The molecule has 6 heteroatoms. The van der Waals surface area contributed by atoms with E-state index in [0.717, 1.165) is 45.4 Å². The highest BCUT2D eigenvalue weighted by atomic mass is 16.3. The number of benzene rings is 1. The van der Waals surface area contributed by atoms with E-state index in [-0.39, 0.29) is 11.9 Å². The number of piperidine rings is 2. The highest BCUT2D eigenvalue weighted by molar-refractivity contribution is 5.77. The smallest absolute Gasteiger partial charge is 0.236 e. The quantitative estimate of drug-likeness (QED) is 0.770. The number of likely N-dealkylation sites (N-methyl/N-ethyl adjacent to an activating group) is 1. The van der Waals surface area contributed by atoms with Crippen molar-refractivity contribution in [3.63, 3.8) is 0 Å². The Morgan fingerprint density at radius 3 is 2.41 bits per heavy atom. The molecular weight excluding hydrogens is 340 g/mol. The monoisotopic (exact) mass is 374 g/mol. The summed E-state index contributed by atoms with van der Waals surface area (Å²) in [7, 11) is 3.55. The van der Waals surface area contributed by atoms with Crippen LogP contribution in [0.4, 0.5) is 0 Å². The number of carbonyl (C=O) groups is 1. The van der Waals surface area contributed by atoms with Crippen LogP contribution in [0.5, 0.6) is 0 Å². The molecule has 0 unspecified atom stereocenters. The van der Waals surface area contributed by atoms with Crippen molar-refractivity contribution in [1.29, 1.82) is 0 Å². The predicted molar refractivity (Wildman–Crippen MR) is 107 cm³/mol. The molecule has 2 N–H and O–H groups in total. The van der Waals surface area contributed by atoms with Crippen LogP contribution in [0.1, 0.15) is 24.8 Å². The Hall–Kier alpha value is -1.47. The number of nitrogens with one attached hydrogen (secondary N) is 1. The third kappa shape index (κ3) is 6.01. The summed E-state index contributed by atoms with van der Waals surface area (Å²) in [4.78, 5) is 18.0. The Morgan fingerprint density at radius 1 is 1.11 bits per heavy atom. The van der Waals surface area contributed by atoms with Crippen molar-refractivity contribution in [1.82, 2.24) is 20.0 Å². The molecule has 0 saturated carbocycles. The van der Waals surface area contributed by atoms with Crippen LogP contribution < -0.4 is 5.32 Å². The van der Waals surface area contributed by atoms with Crippen molar-refractivity contribution >= 4 is 5.91 Å². The molecule has 6 nitrogen and oxygen atoms in total. The van der Waals surface area contributed by atoms with Crippen LogP contribution in [-0.2, 0) is 11.3 Å². The van der Waals surface area contributed by atoms with Gasteiger partial charge in [-0.25, -0.2) is 0 Å². The van der Waals surface area contributed by atoms with Crippen LogP contribution in [0.25, 0.3) is 0 Å². The fourth-order valence-corrected chi connectivity index (χ4v) is 4.07. The molecule has 1 aromatic carbocycles. The van der Waals surface area contributed by atoms with Gasteiger partial charge in [0.05, 0.1) is 12.6 Å². The van der Waals surface area contributed by atoms with E-state index >= 15 is 0 Å². The summed E-state index contributed by atoms with van der Waals surface area (Å²) in [5.74, 6) is 0.0967. The summed E-state index contributed by atoms with van der Waals surface area (Å²) in [6.07, 6.45) is 2.74. The number of carbonyl (C=O) groups excluding carboxylic acids is 1. The molecule has 150 valence electrons. The largest absolute Gasteiger partial charge is 0.390 e. The molecule has 3 rings (SSSR count). The number of aliphatic hydroxyl groups is 1. The number of nitrogens with zero attached hydrogens (tertiary/aromatic N) is 3. The standard InChI is InChI=1S/C21H34N4O2/c1-23(2)21(27)16-25-13-10-19(20(26)15-25)22-18-8-11-24(12-9-18)14-17-6-4-3-5-7-17/h3-7,18-20,22,26H,8-16H2,1-2H3/t19-,20-/m1/s1. The van der Waals surface area contributed by atoms with Gasteiger partial charge in [-0.2, -0.15) is 0 Å². The molecule has 27 heavy (non-hydrogen) atoms. The van der Waals surface area contributed by atoms with E-state index < -0.39 is 6.10 Å². The average molecular weight is 375 g/mol. The summed E-state index contributed by atoms with van der Waals surface area (Å²) in [5, 5.41) is 14.2. The molecule has 2 saturated heterocycles. The van der Waals surface area contributed by atoms with Crippen LogP contribution in [-0.4, -0.2) is 90.7 Å². The lowest BCUT2D eigenvalue weighted by atomic mass is 9.97. The molecule has 2 atom stereocenters. The molecule has 1 aromatic rings. The first kappa shape index (κ1) is 20.3. The Kier molecular flexibility index (Phi) is 7.24. The Bertz CT molecular complexity index is 587. The zero-order chi connectivity index (χ0) is 19.2. The number of rotatable bonds is 6. The van der Waals surface area contributed by atoms with Gasteiger partial charge in [0.15, 0.2) is 0 Å². The molecule has 2 fully saturated rings. The highest BCUT2D eigenvalue weighted by Crippen LogP contribution is 2.18. The summed E-state index contributed by atoms with van der Waals surface area (Å²) in [6.45, 7) is 5.05. The molecule has 2 aliphatic rings. The maximum atomic E-state index is 11.9. The average Bonchev–Trinajstić information content (AvgIpc) is 2.66. The maximum absolute atomic E-state index is 11.9. The molecule has 0 aromatic heterocycles. The van der Waals surface area contributed by atoms with E-state index in [4.69, 9.17) is 0 Å². The minimum atomic E-state index is -0.406. The fourth-order valence-electron chi connectivity index (χ4n) is 4.07. The third-order valence-corrected chi connectivity index (χ3v) is 5.81. The number of likely N-dealkylation sites (tertiary alicyclic amines) is 2. The molecule has 0 bridgehead atoms. The van der Waals surface area contributed by atoms with Gasteiger partial charge in [-0.1, -0.05) is 30.3 Å². The van der Waals surface area contributed by atoms with E-state index in [1.54, 1.807) is 19.0 Å². The normalized spacial score (nSPS) is 25.4. The van der Waals surface area contributed by atoms with Crippen molar-refractivity contribution in [2.24, 2.45) is 0 Å². The molecule has 1 amide bonds. The minimum Gasteiger partial charge on any atom is -0.390 e. The lowest BCUT2D eigenvalue weighted by molar-refractivity contribution is -0.130. The number of β-amino-alcohol motifs (C(OH)–C–C–N with tert-alkyl or cyclic N) is 1. The van der Waals surface area contributed by atoms with Crippen molar-refractivity contribution < 1.29 is 9.90 Å². The first-order chi connectivity index (χ1) is 13.0. The summed E-state index contributed by atoms with van der Waals surface area (Å²) in [5.41, 5.74) is 1.37. The number of aliphatic hydroxyl groups excluding tert-OH is 1. The Balaban J connectivity index is 1.38. The highest BCUT2D eigenvalue weighted by Gasteiger charge is 2.31. The van der Waals surface area contributed by atoms with Crippen molar-refractivity contribution in [2.75, 3.05) is 46.8 Å². The van der Waals surface area contributed by atoms with Crippen molar-refractivity contribution in [3.8, 4) is 0 Å². The van der Waals surface area contributed by atoms with Crippen LogP contribution >= 0.6 is 0 Å². The van der Waals surface area contributed by atoms with Gasteiger partial charge in [0, 0.05) is 45.8 Å². The lowest BCUT2D eigenvalue weighted by Gasteiger charge is -2.40. The van der Waals surface area contributed by atoms with Crippen LogP contribution in [0.15, 0.2) is 30.3 Å². The van der Waals surface area contributed by atoms with Crippen LogP contribution in [0, 0.1) is 0 Å². The van der Waals surface area contributed by atoms with Gasteiger partial charge in [0.25, 0.3) is 0 Å². The minimum absolute atomic E-state index is 0.0967. The summed E-state index contributed by atoms with van der Waals surface area (Å²) < 4.78 is 0. The molecule has 2 aliphatic heterocycles. The second kappa shape index (κ2) is 9.64. The van der Waals surface area contributed by atoms with E-state index in [9.17, 15) is 9.90 Å². The lowest BCUT2D eigenvalue weighted by Crippen LogP contribution is -2.57. The van der Waals surface area contributed by atoms with Gasteiger partial charge in [0.2, 0.25) is 5.91 Å². The first-order valence-electron chi connectivity index (χ1n) is 10.1. The molecule has 0 spiro atoms. The Morgan fingerprint density at radius 2 is 1.78 bits per heavy atom. The molecule has 2 heterocycles. The summed E-state index contributed by atoms with van der Waals surface area (Å²) in [6, 6.07) is 11.3.